The first kappa shape index (κ1) is 14.4. The molecular weight excluding hydrogens is 292 g/mol. The lowest BCUT2D eigenvalue weighted by Crippen LogP contribution is -2.71. The second-order valence-electron chi connectivity index (χ2n) is 7.06. The Hall–Kier alpha value is -1.22. The van der Waals surface area contributed by atoms with Crippen molar-refractivity contribution in [3.05, 3.63) is 0 Å². The van der Waals surface area contributed by atoms with Gasteiger partial charge in [-0.15, -0.1) is 0 Å². The van der Waals surface area contributed by atoms with Crippen LogP contribution in [0, 0.1) is 0 Å². The molecule has 122 valence electrons. The maximum absolute atomic E-state index is 12.2. The molecule has 5 atom stereocenters. The minimum atomic E-state index is -0.794. The zero-order valence-electron chi connectivity index (χ0n) is 13.0. The van der Waals surface area contributed by atoms with E-state index in [0.717, 1.165) is 0 Å². The summed E-state index contributed by atoms with van der Waals surface area (Å²) in [7, 11) is 0. The van der Waals surface area contributed by atoms with Crippen LogP contribution in [0.15, 0.2) is 0 Å². The highest BCUT2D eigenvalue weighted by atomic mass is 16.8. The van der Waals surface area contributed by atoms with Gasteiger partial charge in [-0.3, -0.25) is 9.59 Å². The molecule has 4 heterocycles. The smallest absolute Gasteiger partial charge is 0.314 e. The Morgan fingerprint density at radius 3 is 2.36 bits per heavy atom. The van der Waals surface area contributed by atoms with E-state index in [9.17, 15) is 9.59 Å². The predicted molar refractivity (Wildman–Crippen MR) is 71.3 cm³/mol. The van der Waals surface area contributed by atoms with E-state index in [1.807, 2.05) is 27.7 Å². The molecule has 0 aromatic heterocycles. The molecule has 4 saturated heterocycles. The molecule has 0 aromatic rings. The maximum atomic E-state index is 12.2. The van der Waals surface area contributed by atoms with Crippen LogP contribution in [-0.2, 0) is 28.5 Å². The van der Waals surface area contributed by atoms with Crippen molar-refractivity contribution in [2.24, 2.45) is 0 Å². The first-order valence-electron chi connectivity index (χ1n) is 7.49. The van der Waals surface area contributed by atoms with Crippen LogP contribution in [0.4, 0.5) is 0 Å². The van der Waals surface area contributed by atoms with Crippen LogP contribution in [-0.4, -0.2) is 65.4 Å². The fraction of sp³-hybridized carbons (Fsp3) is 0.857. The summed E-state index contributed by atoms with van der Waals surface area (Å²) >= 11 is 0. The molecule has 0 spiro atoms. The van der Waals surface area contributed by atoms with Crippen molar-refractivity contribution in [3.63, 3.8) is 0 Å². The molecule has 4 aliphatic heterocycles. The Balaban J connectivity index is 1.74. The standard InChI is InChI=1S/C14H20N2O6/c1-13(2)19-5-6-7(20-13)8-9(22-14(3,4)21-8)10-15-11(17)12(18)16(6)10/h6-10H,5H2,1-4H3,(H,15,17)/t6-,7+,8+,9-,10+/m1/s1. The van der Waals surface area contributed by atoms with Crippen molar-refractivity contribution in [1.82, 2.24) is 10.2 Å². The van der Waals surface area contributed by atoms with Gasteiger partial charge >= 0.3 is 11.8 Å². The topological polar surface area (TPSA) is 86.3 Å². The summed E-state index contributed by atoms with van der Waals surface area (Å²) in [6.45, 7) is 7.56. The summed E-state index contributed by atoms with van der Waals surface area (Å²) < 4.78 is 23.6. The van der Waals surface area contributed by atoms with E-state index in [1.165, 1.54) is 4.90 Å². The lowest BCUT2D eigenvalue weighted by molar-refractivity contribution is -0.321. The van der Waals surface area contributed by atoms with E-state index in [1.54, 1.807) is 0 Å². The largest absolute Gasteiger partial charge is 0.348 e. The molecule has 4 rings (SSSR count). The van der Waals surface area contributed by atoms with Crippen molar-refractivity contribution >= 4 is 11.8 Å². The first-order valence-corrected chi connectivity index (χ1v) is 7.49. The number of nitrogens with zero attached hydrogens (tertiary/aromatic N) is 1. The van der Waals surface area contributed by atoms with Crippen LogP contribution >= 0.6 is 0 Å². The molecule has 4 aliphatic rings. The molecule has 8 nitrogen and oxygen atoms in total. The summed E-state index contributed by atoms with van der Waals surface area (Å²) in [5.41, 5.74) is 0. The van der Waals surface area contributed by atoms with E-state index in [4.69, 9.17) is 18.9 Å². The second kappa shape index (κ2) is 4.19. The third-order valence-corrected chi connectivity index (χ3v) is 4.56. The van der Waals surface area contributed by atoms with Crippen molar-refractivity contribution in [3.8, 4) is 0 Å². The van der Waals surface area contributed by atoms with Crippen LogP contribution in [0.5, 0.6) is 0 Å². The SMILES string of the molecule is CC1(C)OC[C@@H]2[C@H](O1)[C@@H]1OC(C)(C)O[C@H]1[C@H]1NC(=O)C(=O)N21. The molecule has 8 heteroatoms. The van der Waals surface area contributed by atoms with E-state index in [0.29, 0.717) is 6.61 Å². The van der Waals surface area contributed by atoms with Gasteiger partial charge in [-0.05, 0) is 27.7 Å². The van der Waals surface area contributed by atoms with Crippen LogP contribution < -0.4 is 5.32 Å². The van der Waals surface area contributed by atoms with E-state index < -0.39 is 41.8 Å². The summed E-state index contributed by atoms with van der Waals surface area (Å²) in [4.78, 5) is 25.5. The Bertz CT molecular complexity index is 547. The molecule has 0 aromatic carbocycles. The van der Waals surface area contributed by atoms with Gasteiger partial charge in [-0.1, -0.05) is 0 Å². The molecule has 2 amide bonds. The van der Waals surface area contributed by atoms with Crippen LogP contribution in [0.1, 0.15) is 27.7 Å². The molecule has 22 heavy (non-hydrogen) atoms. The lowest BCUT2D eigenvalue weighted by Gasteiger charge is -2.51. The number of nitrogens with one attached hydrogen (secondary N) is 1. The fourth-order valence-corrected chi connectivity index (χ4v) is 3.77. The van der Waals surface area contributed by atoms with Crippen molar-refractivity contribution < 1.29 is 28.5 Å². The second-order valence-corrected chi connectivity index (χ2v) is 7.06. The Morgan fingerprint density at radius 1 is 1.00 bits per heavy atom. The third-order valence-electron chi connectivity index (χ3n) is 4.56. The van der Waals surface area contributed by atoms with Gasteiger partial charge in [0.1, 0.15) is 24.5 Å². The molecule has 1 N–H and O–H groups in total. The van der Waals surface area contributed by atoms with Crippen LogP contribution in [0.3, 0.4) is 0 Å². The van der Waals surface area contributed by atoms with E-state index >= 15 is 0 Å². The Morgan fingerprint density at radius 2 is 1.64 bits per heavy atom. The van der Waals surface area contributed by atoms with E-state index in [-0.39, 0.29) is 12.1 Å². The third kappa shape index (κ3) is 1.91. The van der Waals surface area contributed by atoms with Gasteiger partial charge in [0.05, 0.1) is 12.6 Å². The molecule has 0 radical (unpaired) electrons. The minimum absolute atomic E-state index is 0.294. The summed E-state index contributed by atoms with van der Waals surface area (Å²) in [5, 5.41) is 2.69. The highest BCUT2D eigenvalue weighted by Gasteiger charge is 2.64. The normalized spacial score (nSPS) is 45.1. The monoisotopic (exact) mass is 312 g/mol. The zero-order valence-corrected chi connectivity index (χ0v) is 13.0. The molecule has 0 saturated carbocycles. The maximum Gasteiger partial charge on any atom is 0.314 e. The summed E-state index contributed by atoms with van der Waals surface area (Å²) in [6.07, 6.45) is -1.76. The van der Waals surface area contributed by atoms with Crippen molar-refractivity contribution in [2.45, 2.75) is 69.8 Å². The first-order chi connectivity index (χ1) is 10.2. The van der Waals surface area contributed by atoms with Gasteiger partial charge in [0.25, 0.3) is 0 Å². The predicted octanol–water partition coefficient (Wildman–Crippen LogP) is -0.675. The van der Waals surface area contributed by atoms with Gasteiger partial charge in [-0.2, -0.15) is 0 Å². The molecule has 0 unspecified atom stereocenters. The van der Waals surface area contributed by atoms with Gasteiger partial charge in [0.15, 0.2) is 11.6 Å². The highest BCUT2D eigenvalue weighted by molar-refractivity contribution is 6.37. The van der Waals surface area contributed by atoms with Gasteiger partial charge in [0.2, 0.25) is 0 Å². The fourth-order valence-electron chi connectivity index (χ4n) is 3.77. The molecular formula is C14H20N2O6. The van der Waals surface area contributed by atoms with Crippen LogP contribution in [0.2, 0.25) is 0 Å². The summed E-state index contributed by atoms with van der Waals surface area (Å²) in [6, 6.07) is -0.372. The number of fused-ring (bicyclic) bond motifs is 6. The number of carbonyl (C=O) groups is 2. The minimum Gasteiger partial charge on any atom is -0.348 e. The quantitative estimate of drug-likeness (QED) is 0.597. The molecule has 0 aliphatic carbocycles. The Labute approximate surface area is 128 Å². The highest BCUT2D eigenvalue weighted by Crippen LogP contribution is 2.43. The number of carbonyl (C=O) groups excluding carboxylic acids is 2. The Kier molecular flexibility index (Phi) is 2.74. The number of rotatable bonds is 0. The van der Waals surface area contributed by atoms with Gasteiger partial charge in [0, 0.05) is 0 Å². The zero-order chi connectivity index (χ0) is 15.9. The van der Waals surface area contributed by atoms with Gasteiger partial charge in [-0.25, -0.2) is 0 Å². The number of hydrogen-bond acceptors (Lipinski definition) is 6. The van der Waals surface area contributed by atoms with E-state index in [2.05, 4.69) is 5.32 Å². The molecule has 0 bridgehead atoms. The van der Waals surface area contributed by atoms with Crippen molar-refractivity contribution in [1.29, 1.82) is 0 Å². The average molecular weight is 312 g/mol. The van der Waals surface area contributed by atoms with Gasteiger partial charge < -0.3 is 29.2 Å². The number of amides is 2. The van der Waals surface area contributed by atoms with Crippen molar-refractivity contribution in [2.75, 3.05) is 6.61 Å². The number of ether oxygens (including phenoxy) is 4. The number of hydrogen-bond donors (Lipinski definition) is 1. The van der Waals surface area contributed by atoms with Crippen LogP contribution in [0.25, 0.3) is 0 Å². The molecule has 4 fully saturated rings. The average Bonchev–Trinajstić information content (AvgIpc) is 2.87. The number of piperidine rings is 1. The summed E-state index contributed by atoms with van der Waals surface area (Å²) in [5.74, 6) is -2.76. The lowest BCUT2D eigenvalue weighted by atomic mass is 9.91.